The lowest BCUT2D eigenvalue weighted by atomic mass is 9.96. The number of rotatable bonds is 9. The molecule has 1 atom stereocenters. The molecule has 0 spiro atoms. The van der Waals surface area contributed by atoms with Gasteiger partial charge >= 0.3 is 5.69 Å². The summed E-state index contributed by atoms with van der Waals surface area (Å²) in [6, 6.07) is 13.4. The number of para-hydroxylation sites is 1. The molecule has 1 aliphatic rings. The molecule has 1 fully saturated rings. The lowest BCUT2D eigenvalue weighted by molar-refractivity contribution is -0.384. The number of benzene rings is 2. The van der Waals surface area contributed by atoms with Gasteiger partial charge in [0.05, 0.1) is 23.0 Å². The highest BCUT2D eigenvalue weighted by Crippen LogP contribution is 2.23. The first kappa shape index (κ1) is 26.6. The number of non-ortho nitro benzene ring substituents is 1. The second kappa shape index (κ2) is 11.3. The van der Waals surface area contributed by atoms with Crippen LogP contribution >= 0.6 is 0 Å². The second-order valence-electron chi connectivity index (χ2n) is 9.17. The Morgan fingerprint density at radius 2 is 1.68 bits per heavy atom. The van der Waals surface area contributed by atoms with Gasteiger partial charge in [-0.15, -0.1) is 0 Å². The predicted molar refractivity (Wildman–Crippen MR) is 140 cm³/mol. The number of nitro groups is 1. The first-order valence-corrected chi connectivity index (χ1v) is 12.1. The monoisotopic (exact) mass is 523 g/mol. The number of phenols is 1. The second-order valence-corrected chi connectivity index (χ2v) is 9.17. The van der Waals surface area contributed by atoms with Gasteiger partial charge in [0.15, 0.2) is 5.78 Å². The van der Waals surface area contributed by atoms with Gasteiger partial charge in [-0.05, 0) is 24.3 Å². The van der Waals surface area contributed by atoms with Crippen LogP contribution in [0.5, 0.6) is 11.5 Å². The Balaban J connectivity index is 1.47. The van der Waals surface area contributed by atoms with Crippen molar-refractivity contribution in [1.29, 1.82) is 0 Å². The summed E-state index contributed by atoms with van der Waals surface area (Å²) >= 11 is 0. The summed E-state index contributed by atoms with van der Waals surface area (Å²) in [5.41, 5.74) is -0.640. The third-order valence-corrected chi connectivity index (χ3v) is 6.71. The van der Waals surface area contributed by atoms with Crippen LogP contribution in [-0.4, -0.2) is 69.2 Å². The molecule has 4 rings (SSSR count). The molecule has 1 unspecified atom stereocenters. The minimum absolute atomic E-state index is 0.00835. The minimum Gasteiger partial charge on any atom is -0.507 e. The number of nitrogens with zero attached hydrogens (tertiary/aromatic N) is 5. The molecular formula is C26H29N5O7. The maximum atomic E-state index is 13.4. The zero-order valence-corrected chi connectivity index (χ0v) is 21.1. The van der Waals surface area contributed by atoms with Gasteiger partial charge in [0, 0.05) is 65.0 Å². The van der Waals surface area contributed by atoms with Crippen molar-refractivity contribution >= 4 is 17.3 Å². The summed E-state index contributed by atoms with van der Waals surface area (Å²) in [6.07, 6.45) is 0. The lowest BCUT2D eigenvalue weighted by Gasteiger charge is -2.37. The van der Waals surface area contributed by atoms with Crippen molar-refractivity contribution in [3.8, 4) is 11.5 Å². The largest absolute Gasteiger partial charge is 0.507 e. The zero-order valence-electron chi connectivity index (χ0n) is 21.1. The quantitative estimate of drug-likeness (QED) is 0.250. The molecule has 1 saturated heterocycles. The molecule has 0 saturated carbocycles. The van der Waals surface area contributed by atoms with E-state index in [4.69, 9.17) is 4.74 Å². The normalized spacial score (nSPS) is 14.7. The van der Waals surface area contributed by atoms with Crippen LogP contribution in [0.4, 0.5) is 11.5 Å². The van der Waals surface area contributed by atoms with Crippen LogP contribution in [0.1, 0.15) is 10.4 Å². The predicted octanol–water partition coefficient (Wildman–Crippen LogP) is 1.40. The Hall–Kier alpha value is -4.45. The zero-order chi connectivity index (χ0) is 27.4. The number of nitro benzene ring substituents is 1. The van der Waals surface area contributed by atoms with Crippen LogP contribution in [0.25, 0.3) is 0 Å². The average molecular weight is 524 g/mol. The van der Waals surface area contributed by atoms with E-state index < -0.39 is 16.5 Å². The van der Waals surface area contributed by atoms with Crippen molar-refractivity contribution < 1.29 is 19.6 Å². The third kappa shape index (κ3) is 5.75. The van der Waals surface area contributed by atoms with Crippen LogP contribution < -0.4 is 20.9 Å². The van der Waals surface area contributed by atoms with Gasteiger partial charge in [-0.1, -0.05) is 12.1 Å². The minimum atomic E-state index is -0.626. The maximum Gasteiger partial charge on any atom is 0.332 e. The van der Waals surface area contributed by atoms with Crippen molar-refractivity contribution in [3.05, 3.63) is 91.1 Å². The molecule has 2 aromatic carbocycles. The first-order chi connectivity index (χ1) is 18.2. The van der Waals surface area contributed by atoms with Gasteiger partial charge in [-0.2, -0.15) is 0 Å². The smallest absolute Gasteiger partial charge is 0.332 e. The van der Waals surface area contributed by atoms with Gasteiger partial charge in [-0.3, -0.25) is 33.7 Å². The Morgan fingerprint density at radius 1 is 1.03 bits per heavy atom. The lowest BCUT2D eigenvalue weighted by Crippen LogP contribution is -2.51. The van der Waals surface area contributed by atoms with E-state index in [1.807, 2.05) is 4.90 Å². The standard InChI is InChI=1S/C26H29N5O7/c1-27-23(15-24(33)28(2)26(27)35)30-13-11-29(12-14-30)16-18(25(34)21-5-3-4-6-22(21)32)17-38-20-9-7-19(8-10-20)31(36)37/h3-10,15,18,32H,11-14,16-17H2,1-2H3. The number of carbonyl (C=O) groups excluding carboxylic acids is 1. The summed E-state index contributed by atoms with van der Waals surface area (Å²) in [5, 5.41) is 21.2. The summed E-state index contributed by atoms with van der Waals surface area (Å²) < 4.78 is 8.33. The number of aromatic nitrogens is 2. The van der Waals surface area contributed by atoms with E-state index in [-0.39, 0.29) is 34.9 Å². The van der Waals surface area contributed by atoms with E-state index in [0.717, 1.165) is 4.57 Å². The molecule has 2 heterocycles. The molecule has 0 radical (unpaired) electrons. The van der Waals surface area contributed by atoms with Gasteiger partial charge in [0.1, 0.15) is 17.3 Å². The van der Waals surface area contributed by atoms with Crippen LogP contribution in [0.15, 0.2) is 64.2 Å². The number of phenolic OH excluding ortho intramolecular Hbond substituents is 1. The van der Waals surface area contributed by atoms with E-state index in [0.29, 0.717) is 44.3 Å². The van der Waals surface area contributed by atoms with Crippen molar-refractivity contribution in [1.82, 2.24) is 14.0 Å². The highest BCUT2D eigenvalue weighted by molar-refractivity contribution is 6.00. The molecule has 0 amide bonds. The summed E-state index contributed by atoms with van der Waals surface area (Å²) in [6.45, 7) is 2.59. The molecule has 3 aromatic rings. The molecule has 0 bridgehead atoms. The van der Waals surface area contributed by atoms with E-state index in [2.05, 4.69) is 4.90 Å². The number of hydrogen-bond donors (Lipinski definition) is 1. The number of ketones is 1. The summed E-state index contributed by atoms with van der Waals surface area (Å²) in [7, 11) is 3.06. The van der Waals surface area contributed by atoms with Crippen molar-refractivity contribution in [3.63, 3.8) is 0 Å². The van der Waals surface area contributed by atoms with Gasteiger partial charge in [0.2, 0.25) is 0 Å². The fourth-order valence-electron chi connectivity index (χ4n) is 4.47. The van der Waals surface area contributed by atoms with E-state index in [1.165, 1.54) is 48.0 Å². The number of Topliss-reactive ketones (excluding diaryl/α,β-unsaturated/α-hetero) is 1. The fourth-order valence-corrected chi connectivity index (χ4v) is 4.47. The molecule has 1 aromatic heterocycles. The number of aromatic hydroxyl groups is 1. The van der Waals surface area contributed by atoms with Crippen LogP contribution in [0.2, 0.25) is 0 Å². The van der Waals surface area contributed by atoms with Crippen LogP contribution in [0, 0.1) is 16.0 Å². The third-order valence-electron chi connectivity index (χ3n) is 6.71. The molecular weight excluding hydrogens is 494 g/mol. The highest BCUT2D eigenvalue weighted by atomic mass is 16.6. The SMILES string of the molecule is Cn1c(N2CCN(CC(COc3ccc([N+](=O)[O-])cc3)C(=O)c3ccccc3O)CC2)cc(=O)n(C)c1=O. The average Bonchev–Trinajstić information content (AvgIpc) is 2.92. The van der Waals surface area contributed by atoms with E-state index >= 15 is 0 Å². The van der Waals surface area contributed by atoms with Gasteiger partial charge in [-0.25, -0.2) is 4.79 Å². The molecule has 12 nitrogen and oxygen atoms in total. The Morgan fingerprint density at radius 3 is 2.32 bits per heavy atom. The van der Waals surface area contributed by atoms with Crippen LogP contribution in [0.3, 0.4) is 0 Å². The number of ether oxygens (including phenoxy) is 1. The van der Waals surface area contributed by atoms with Gasteiger partial charge < -0.3 is 14.7 Å². The number of carbonyl (C=O) groups is 1. The molecule has 1 aliphatic heterocycles. The maximum absolute atomic E-state index is 13.4. The van der Waals surface area contributed by atoms with Gasteiger partial charge in [0.25, 0.3) is 11.2 Å². The van der Waals surface area contributed by atoms with Crippen molar-refractivity contribution in [2.45, 2.75) is 0 Å². The molecule has 12 heteroatoms. The highest BCUT2D eigenvalue weighted by Gasteiger charge is 2.28. The number of piperazine rings is 1. The van der Waals surface area contributed by atoms with Crippen molar-refractivity contribution in [2.24, 2.45) is 20.0 Å². The fraction of sp³-hybridized carbons (Fsp3) is 0.346. The Kier molecular flexibility index (Phi) is 7.91. The molecule has 0 aliphatic carbocycles. The Labute approximate surface area is 218 Å². The molecule has 200 valence electrons. The summed E-state index contributed by atoms with van der Waals surface area (Å²) in [5.74, 6) is -0.0859. The molecule has 38 heavy (non-hydrogen) atoms. The summed E-state index contributed by atoms with van der Waals surface area (Å²) in [4.78, 5) is 52.3. The Bertz CT molecular complexity index is 1440. The first-order valence-electron chi connectivity index (χ1n) is 12.1. The van der Waals surface area contributed by atoms with Crippen LogP contribution in [-0.2, 0) is 14.1 Å². The van der Waals surface area contributed by atoms with E-state index in [9.17, 15) is 29.6 Å². The van der Waals surface area contributed by atoms with E-state index in [1.54, 1.807) is 25.2 Å². The topological polar surface area (TPSA) is 140 Å². The van der Waals surface area contributed by atoms with Crippen molar-refractivity contribution in [2.75, 3.05) is 44.2 Å². The number of anilines is 1. The molecule has 1 N–H and O–H groups in total. The number of hydrogen-bond acceptors (Lipinski definition) is 9.